The van der Waals surface area contributed by atoms with Gasteiger partial charge in [0, 0.05) is 11.5 Å². The highest BCUT2D eigenvalue weighted by Crippen LogP contribution is 2.29. The maximum absolute atomic E-state index is 12.2. The molecule has 0 heterocycles. The summed E-state index contributed by atoms with van der Waals surface area (Å²) in [5, 5.41) is 8.40. The highest BCUT2D eigenvalue weighted by Gasteiger charge is 2.29. The van der Waals surface area contributed by atoms with Crippen molar-refractivity contribution in [2.24, 2.45) is 0 Å². The van der Waals surface area contributed by atoms with Crippen LogP contribution in [0, 0.1) is 0 Å². The van der Waals surface area contributed by atoms with E-state index in [0.717, 1.165) is 17.7 Å². The second kappa shape index (κ2) is 5.95. The lowest BCUT2D eigenvalue weighted by atomic mass is 10.1. The fourth-order valence-corrected chi connectivity index (χ4v) is 2.03. The van der Waals surface area contributed by atoms with Gasteiger partial charge < -0.3 is 5.11 Å². The lowest BCUT2D eigenvalue weighted by Gasteiger charge is -2.07. The summed E-state index contributed by atoms with van der Waals surface area (Å²) in [5.74, 6) is 0.104. The maximum atomic E-state index is 12.2. The number of benzene rings is 1. The molecule has 2 nitrogen and oxygen atoms in total. The molecule has 17 heavy (non-hydrogen) atoms. The van der Waals surface area contributed by atoms with E-state index in [9.17, 15) is 18.0 Å². The fourth-order valence-electron chi connectivity index (χ4n) is 1.14. The standard InChI is InChI=1S/C11H11F3O2S/c12-11(13,14)9-3-1-8(2-4-9)7-17-6-5-10(15)16/h1-4H,5-7H2,(H,15,16). The molecule has 1 rings (SSSR count). The molecule has 0 aliphatic heterocycles. The van der Waals surface area contributed by atoms with Gasteiger partial charge in [0.15, 0.2) is 0 Å². The van der Waals surface area contributed by atoms with Crippen LogP contribution < -0.4 is 0 Å². The van der Waals surface area contributed by atoms with Crippen molar-refractivity contribution in [2.75, 3.05) is 5.75 Å². The highest BCUT2D eigenvalue weighted by molar-refractivity contribution is 7.98. The molecule has 0 aliphatic rings. The number of hydrogen-bond acceptors (Lipinski definition) is 2. The average Bonchev–Trinajstić information content (AvgIpc) is 2.23. The van der Waals surface area contributed by atoms with Gasteiger partial charge in [-0.3, -0.25) is 4.79 Å². The van der Waals surface area contributed by atoms with Crippen molar-refractivity contribution >= 4 is 17.7 Å². The molecule has 0 fully saturated rings. The van der Waals surface area contributed by atoms with E-state index >= 15 is 0 Å². The summed E-state index contributed by atoms with van der Waals surface area (Å²) < 4.78 is 36.7. The molecular weight excluding hydrogens is 253 g/mol. The van der Waals surface area contributed by atoms with Crippen LogP contribution in [0.3, 0.4) is 0 Å². The average molecular weight is 264 g/mol. The summed E-state index contributed by atoms with van der Waals surface area (Å²) in [6, 6.07) is 4.90. The SMILES string of the molecule is O=C(O)CCSCc1ccc(C(F)(F)F)cc1. The lowest BCUT2D eigenvalue weighted by molar-refractivity contribution is -0.138. The van der Waals surface area contributed by atoms with Gasteiger partial charge in [0.2, 0.25) is 0 Å². The number of thioether (sulfide) groups is 1. The second-order valence-electron chi connectivity index (χ2n) is 3.39. The first-order chi connectivity index (χ1) is 7.89. The van der Waals surface area contributed by atoms with Gasteiger partial charge in [0.05, 0.1) is 12.0 Å². The Hall–Kier alpha value is -1.17. The van der Waals surface area contributed by atoms with Crippen LogP contribution in [0.4, 0.5) is 13.2 Å². The minimum absolute atomic E-state index is 0.0608. The number of hydrogen-bond donors (Lipinski definition) is 1. The lowest BCUT2D eigenvalue weighted by Crippen LogP contribution is -2.04. The van der Waals surface area contributed by atoms with Crippen LogP contribution in [-0.2, 0) is 16.7 Å². The van der Waals surface area contributed by atoms with Crippen molar-refractivity contribution in [1.29, 1.82) is 0 Å². The van der Waals surface area contributed by atoms with Crippen molar-refractivity contribution in [3.8, 4) is 0 Å². The Bertz CT molecular complexity index is 373. The molecule has 0 radical (unpaired) electrons. The van der Waals surface area contributed by atoms with Crippen LogP contribution >= 0.6 is 11.8 Å². The van der Waals surface area contributed by atoms with Gasteiger partial charge in [0.25, 0.3) is 0 Å². The molecule has 0 aromatic heterocycles. The van der Waals surface area contributed by atoms with E-state index in [0.29, 0.717) is 11.5 Å². The van der Waals surface area contributed by atoms with Crippen LogP contribution in [0.2, 0.25) is 0 Å². The van der Waals surface area contributed by atoms with Crippen LogP contribution in [0.15, 0.2) is 24.3 Å². The topological polar surface area (TPSA) is 37.3 Å². The van der Waals surface area contributed by atoms with Crippen LogP contribution in [0.1, 0.15) is 17.5 Å². The van der Waals surface area contributed by atoms with E-state index in [4.69, 9.17) is 5.11 Å². The maximum Gasteiger partial charge on any atom is 0.416 e. The zero-order valence-corrected chi connectivity index (χ0v) is 9.64. The monoisotopic (exact) mass is 264 g/mol. The normalized spacial score (nSPS) is 11.5. The molecule has 1 N–H and O–H groups in total. The summed E-state index contributed by atoms with van der Waals surface area (Å²) >= 11 is 1.39. The zero-order valence-electron chi connectivity index (χ0n) is 8.83. The number of alkyl halides is 3. The second-order valence-corrected chi connectivity index (χ2v) is 4.50. The minimum Gasteiger partial charge on any atom is -0.481 e. The van der Waals surface area contributed by atoms with Crippen molar-refractivity contribution in [3.05, 3.63) is 35.4 Å². The molecule has 94 valence electrons. The van der Waals surface area contributed by atoms with Gasteiger partial charge in [-0.05, 0) is 17.7 Å². The van der Waals surface area contributed by atoms with E-state index in [1.54, 1.807) is 0 Å². The predicted molar refractivity (Wildman–Crippen MR) is 59.9 cm³/mol. The molecule has 0 saturated heterocycles. The van der Waals surface area contributed by atoms with Gasteiger partial charge in [-0.15, -0.1) is 0 Å². The Balaban J connectivity index is 2.43. The number of rotatable bonds is 5. The predicted octanol–water partition coefficient (Wildman–Crippen LogP) is 3.41. The van der Waals surface area contributed by atoms with E-state index in [-0.39, 0.29) is 6.42 Å². The Kier molecular flexibility index (Phi) is 4.86. The largest absolute Gasteiger partial charge is 0.481 e. The Morgan fingerprint density at radius 1 is 1.24 bits per heavy atom. The molecule has 0 atom stereocenters. The smallest absolute Gasteiger partial charge is 0.416 e. The Morgan fingerprint density at radius 2 is 1.82 bits per heavy atom. The van der Waals surface area contributed by atoms with Crippen molar-refractivity contribution in [1.82, 2.24) is 0 Å². The summed E-state index contributed by atoms with van der Waals surface area (Å²) in [5.41, 5.74) is 0.0881. The molecular formula is C11H11F3O2S. The molecule has 0 bridgehead atoms. The van der Waals surface area contributed by atoms with Gasteiger partial charge in [-0.25, -0.2) is 0 Å². The van der Waals surface area contributed by atoms with Gasteiger partial charge >= 0.3 is 12.1 Å². The van der Waals surface area contributed by atoms with E-state index in [1.807, 2.05) is 0 Å². The number of aliphatic carboxylic acids is 1. The molecule has 0 aliphatic carbocycles. The number of carboxylic acid groups (broad SMARTS) is 1. The number of halogens is 3. The Labute approximate surface area is 101 Å². The Morgan fingerprint density at radius 3 is 2.29 bits per heavy atom. The fraction of sp³-hybridized carbons (Fsp3) is 0.364. The molecule has 0 spiro atoms. The van der Waals surface area contributed by atoms with Crippen LogP contribution in [-0.4, -0.2) is 16.8 Å². The first-order valence-corrected chi connectivity index (χ1v) is 6.01. The first kappa shape index (κ1) is 13.9. The summed E-state index contributed by atoms with van der Waals surface area (Å²) in [4.78, 5) is 10.2. The summed E-state index contributed by atoms with van der Waals surface area (Å²) in [7, 11) is 0. The minimum atomic E-state index is -4.31. The van der Waals surface area contributed by atoms with Crippen LogP contribution in [0.5, 0.6) is 0 Å². The van der Waals surface area contributed by atoms with Crippen molar-refractivity contribution in [3.63, 3.8) is 0 Å². The third-order valence-electron chi connectivity index (χ3n) is 2.01. The molecule has 0 unspecified atom stereocenters. The highest BCUT2D eigenvalue weighted by atomic mass is 32.2. The third-order valence-corrected chi connectivity index (χ3v) is 3.04. The molecule has 0 amide bonds. The zero-order chi connectivity index (χ0) is 12.9. The van der Waals surface area contributed by atoms with Crippen molar-refractivity contribution in [2.45, 2.75) is 18.3 Å². The number of carboxylic acids is 1. The third kappa shape index (κ3) is 5.12. The van der Waals surface area contributed by atoms with E-state index < -0.39 is 17.7 Å². The first-order valence-electron chi connectivity index (χ1n) is 4.85. The molecule has 0 saturated carbocycles. The molecule has 6 heteroatoms. The summed E-state index contributed by atoms with van der Waals surface area (Å²) in [6.45, 7) is 0. The van der Waals surface area contributed by atoms with Gasteiger partial charge in [-0.2, -0.15) is 24.9 Å². The van der Waals surface area contributed by atoms with Crippen molar-refractivity contribution < 1.29 is 23.1 Å². The number of carbonyl (C=O) groups is 1. The quantitative estimate of drug-likeness (QED) is 0.828. The van der Waals surface area contributed by atoms with E-state index in [2.05, 4.69) is 0 Å². The van der Waals surface area contributed by atoms with Crippen LogP contribution in [0.25, 0.3) is 0 Å². The molecule has 1 aromatic rings. The van der Waals surface area contributed by atoms with Gasteiger partial charge in [0.1, 0.15) is 0 Å². The van der Waals surface area contributed by atoms with E-state index in [1.165, 1.54) is 23.9 Å². The van der Waals surface area contributed by atoms with Gasteiger partial charge in [-0.1, -0.05) is 12.1 Å². The summed E-state index contributed by atoms with van der Waals surface area (Å²) in [6.07, 6.45) is -4.25. The molecule has 1 aromatic carbocycles.